The molecule has 35 heavy (non-hydrogen) atoms. The Hall–Kier alpha value is -4.27. The fraction of sp³-hybridized carbons (Fsp3) is 0.269. The van der Waals surface area contributed by atoms with E-state index < -0.39 is 0 Å². The zero-order valence-electron chi connectivity index (χ0n) is 20.8. The van der Waals surface area contributed by atoms with E-state index in [0.717, 1.165) is 44.8 Å². The normalized spacial score (nSPS) is 10.9. The van der Waals surface area contributed by atoms with Gasteiger partial charge in [-0.2, -0.15) is 5.10 Å². The molecule has 3 aromatic heterocycles. The largest absolute Gasteiger partial charge is 0.357 e. The SMILES string of the molecule is CNc1ncc(-c2cc(C(=O)NCc3c(C)cc(C)[nH]c3=O)c(C)c(-c3c(C)cnn3C)c2)cn1. The standard InChI is InChI=1S/C26H29N7O2/c1-14-7-16(3)32-25(35)22(14)13-28-24(34)21-9-18(19-11-29-26(27-5)30-12-19)8-20(17(21)4)23-15(2)10-31-33(23)6/h7-12H,13H2,1-6H3,(H,28,34)(H,32,35)(H,27,29,30). The van der Waals surface area contributed by atoms with Gasteiger partial charge in [0.05, 0.1) is 11.9 Å². The number of carbonyl (C=O) groups excluding carboxylic acids is 1. The Balaban J connectivity index is 1.78. The third-order valence-electron chi connectivity index (χ3n) is 6.16. The van der Waals surface area contributed by atoms with Crippen LogP contribution in [0.4, 0.5) is 5.95 Å². The Labute approximate surface area is 203 Å². The summed E-state index contributed by atoms with van der Waals surface area (Å²) in [5.74, 6) is 0.248. The van der Waals surface area contributed by atoms with Crippen molar-refractivity contribution in [2.24, 2.45) is 7.05 Å². The average molecular weight is 472 g/mol. The molecule has 1 amide bonds. The number of aromatic nitrogens is 5. The van der Waals surface area contributed by atoms with Gasteiger partial charge in [0.15, 0.2) is 0 Å². The molecule has 9 heteroatoms. The van der Waals surface area contributed by atoms with Crippen molar-refractivity contribution in [3.63, 3.8) is 0 Å². The summed E-state index contributed by atoms with van der Waals surface area (Å²) in [7, 11) is 3.64. The Bertz CT molecular complexity index is 1450. The molecule has 0 saturated carbocycles. The maximum absolute atomic E-state index is 13.4. The molecule has 3 heterocycles. The van der Waals surface area contributed by atoms with Gasteiger partial charge in [-0.3, -0.25) is 14.3 Å². The Morgan fingerprint density at radius 1 is 1.00 bits per heavy atom. The van der Waals surface area contributed by atoms with Gasteiger partial charge >= 0.3 is 0 Å². The van der Waals surface area contributed by atoms with E-state index in [2.05, 4.69) is 30.7 Å². The number of nitrogens with zero attached hydrogens (tertiary/aromatic N) is 4. The average Bonchev–Trinajstić information content (AvgIpc) is 3.16. The van der Waals surface area contributed by atoms with Gasteiger partial charge < -0.3 is 15.6 Å². The summed E-state index contributed by atoms with van der Waals surface area (Å²) in [6.07, 6.45) is 5.25. The molecule has 0 saturated heterocycles. The number of hydrogen-bond donors (Lipinski definition) is 3. The minimum atomic E-state index is -0.266. The van der Waals surface area contributed by atoms with E-state index in [0.29, 0.717) is 17.1 Å². The van der Waals surface area contributed by atoms with Crippen LogP contribution in [0.2, 0.25) is 0 Å². The van der Waals surface area contributed by atoms with Gasteiger partial charge in [-0.15, -0.1) is 0 Å². The smallest absolute Gasteiger partial charge is 0.253 e. The van der Waals surface area contributed by atoms with Crippen LogP contribution in [0.1, 0.15) is 38.3 Å². The van der Waals surface area contributed by atoms with Gasteiger partial charge in [-0.05, 0) is 68.1 Å². The molecule has 0 aliphatic carbocycles. The zero-order valence-corrected chi connectivity index (χ0v) is 20.8. The first kappa shape index (κ1) is 23.9. The number of benzene rings is 1. The summed E-state index contributed by atoms with van der Waals surface area (Å²) < 4.78 is 1.80. The molecule has 0 spiro atoms. The predicted octanol–water partition coefficient (Wildman–Crippen LogP) is 3.44. The van der Waals surface area contributed by atoms with Gasteiger partial charge in [0.2, 0.25) is 5.95 Å². The second-order valence-electron chi connectivity index (χ2n) is 8.67. The lowest BCUT2D eigenvalue weighted by atomic mass is 9.92. The zero-order chi connectivity index (χ0) is 25.3. The van der Waals surface area contributed by atoms with E-state index >= 15 is 0 Å². The lowest BCUT2D eigenvalue weighted by Gasteiger charge is -2.16. The van der Waals surface area contributed by atoms with Crippen molar-refractivity contribution in [2.75, 3.05) is 12.4 Å². The van der Waals surface area contributed by atoms with Gasteiger partial charge in [0, 0.05) is 61.0 Å². The first-order valence-corrected chi connectivity index (χ1v) is 11.3. The lowest BCUT2D eigenvalue weighted by molar-refractivity contribution is 0.0950. The Kier molecular flexibility index (Phi) is 6.50. The van der Waals surface area contributed by atoms with Crippen LogP contribution < -0.4 is 16.2 Å². The van der Waals surface area contributed by atoms with Crippen LogP contribution in [0.15, 0.2) is 41.6 Å². The molecule has 0 fully saturated rings. The van der Waals surface area contributed by atoms with E-state index in [1.165, 1.54) is 0 Å². The highest BCUT2D eigenvalue weighted by atomic mass is 16.1. The molecule has 0 atom stereocenters. The van der Waals surface area contributed by atoms with Crippen LogP contribution in [-0.4, -0.2) is 37.7 Å². The van der Waals surface area contributed by atoms with Crippen LogP contribution in [0.25, 0.3) is 22.4 Å². The molecule has 4 rings (SSSR count). The van der Waals surface area contributed by atoms with Crippen LogP contribution in [-0.2, 0) is 13.6 Å². The number of anilines is 1. The summed E-state index contributed by atoms with van der Waals surface area (Å²) in [5.41, 5.74) is 7.72. The van der Waals surface area contributed by atoms with Gasteiger partial charge in [-0.1, -0.05) is 0 Å². The number of nitrogens with one attached hydrogen (secondary N) is 3. The third kappa shape index (κ3) is 4.70. The van der Waals surface area contributed by atoms with Gasteiger partial charge in [0.25, 0.3) is 11.5 Å². The quantitative estimate of drug-likeness (QED) is 0.397. The van der Waals surface area contributed by atoms with Crippen LogP contribution >= 0.6 is 0 Å². The number of H-pyrrole nitrogens is 1. The van der Waals surface area contributed by atoms with Crippen molar-refractivity contribution >= 4 is 11.9 Å². The predicted molar refractivity (Wildman–Crippen MR) is 136 cm³/mol. The third-order valence-corrected chi connectivity index (χ3v) is 6.16. The highest BCUT2D eigenvalue weighted by Gasteiger charge is 2.20. The fourth-order valence-corrected chi connectivity index (χ4v) is 4.27. The van der Waals surface area contributed by atoms with E-state index in [1.807, 2.05) is 52.9 Å². The summed E-state index contributed by atoms with van der Waals surface area (Å²) >= 11 is 0. The topological polar surface area (TPSA) is 118 Å². The summed E-state index contributed by atoms with van der Waals surface area (Å²) in [4.78, 5) is 37.3. The lowest BCUT2D eigenvalue weighted by Crippen LogP contribution is -2.28. The molecular weight excluding hydrogens is 442 g/mol. The molecule has 180 valence electrons. The molecular formula is C26H29N7O2. The first-order chi connectivity index (χ1) is 16.7. The molecule has 1 aromatic carbocycles. The number of aryl methyl sites for hydroxylation is 4. The molecule has 0 unspecified atom stereocenters. The maximum Gasteiger partial charge on any atom is 0.253 e. The minimum Gasteiger partial charge on any atom is -0.357 e. The maximum atomic E-state index is 13.4. The molecule has 0 aliphatic heterocycles. The van der Waals surface area contributed by atoms with E-state index in [4.69, 9.17) is 0 Å². The van der Waals surface area contributed by atoms with E-state index in [-0.39, 0.29) is 18.0 Å². The minimum absolute atomic E-state index is 0.129. The van der Waals surface area contributed by atoms with E-state index in [1.54, 1.807) is 30.3 Å². The monoisotopic (exact) mass is 471 g/mol. The van der Waals surface area contributed by atoms with Crippen molar-refractivity contribution in [3.05, 3.63) is 80.7 Å². The molecule has 3 N–H and O–H groups in total. The van der Waals surface area contributed by atoms with Crippen molar-refractivity contribution in [1.82, 2.24) is 30.0 Å². The second kappa shape index (κ2) is 9.54. The van der Waals surface area contributed by atoms with Crippen molar-refractivity contribution < 1.29 is 4.79 Å². The molecule has 9 nitrogen and oxygen atoms in total. The first-order valence-electron chi connectivity index (χ1n) is 11.3. The number of pyridine rings is 1. The van der Waals surface area contributed by atoms with Gasteiger partial charge in [-0.25, -0.2) is 9.97 Å². The van der Waals surface area contributed by atoms with Crippen molar-refractivity contribution in [2.45, 2.75) is 34.2 Å². The summed E-state index contributed by atoms with van der Waals surface area (Å²) in [5, 5.41) is 10.2. The number of carbonyl (C=O) groups is 1. The highest BCUT2D eigenvalue weighted by Crippen LogP contribution is 2.33. The Morgan fingerprint density at radius 3 is 2.31 bits per heavy atom. The fourth-order valence-electron chi connectivity index (χ4n) is 4.27. The summed E-state index contributed by atoms with van der Waals surface area (Å²) in [6, 6.07) is 5.76. The number of hydrogen-bond acceptors (Lipinski definition) is 6. The van der Waals surface area contributed by atoms with Crippen LogP contribution in [0.5, 0.6) is 0 Å². The Morgan fingerprint density at radius 2 is 1.71 bits per heavy atom. The van der Waals surface area contributed by atoms with Crippen LogP contribution in [0.3, 0.4) is 0 Å². The molecule has 0 aliphatic rings. The molecule has 0 radical (unpaired) electrons. The van der Waals surface area contributed by atoms with E-state index in [9.17, 15) is 9.59 Å². The van der Waals surface area contributed by atoms with Gasteiger partial charge in [0.1, 0.15) is 0 Å². The van der Waals surface area contributed by atoms with Crippen molar-refractivity contribution in [1.29, 1.82) is 0 Å². The summed E-state index contributed by atoms with van der Waals surface area (Å²) in [6.45, 7) is 7.74. The number of aromatic amines is 1. The number of rotatable bonds is 6. The number of amides is 1. The van der Waals surface area contributed by atoms with Crippen LogP contribution in [0, 0.1) is 27.7 Å². The molecule has 0 bridgehead atoms. The molecule has 4 aromatic rings. The second-order valence-corrected chi connectivity index (χ2v) is 8.67. The highest BCUT2D eigenvalue weighted by molar-refractivity contribution is 5.99. The van der Waals surface area contributed by atoms with Crippen molar-refractivity contribution in [3.8, 4) is 22.4 Å².